The zero-order chi connectivity index (χ0) is 18.6. The van der Waals surface area contributed by atoms with E-state index in [9.17, 15) is 9.59 Å². The lowest BCUT2D eigenvalue weighted by molar-refractivity contribution is -0.137. The van der Waals surface area contributed by atoms with Gasteiger partial charge in [0.25, 0.3) is 0 Å². The average Bonchev–Trinajstić information content (AvgIpc) is 3.11. The van der Waals surface area contributed by atoms with Gasteiger partial charge in [-0.15, -0.1) is 0 Å². The summed E-state index contributed by atoms with van der Waals surface area (Å²) in [5.41, 5.74) is 1.32. The van der Waals surface area contributed by atoms with Crippen LogP contribution < -0.4 is 0 Å². The number of hydrogen-bond donors (Lipinski definition) is 0. The molecule has 0 unspecified atom stereocenters. The molecule has 1 aliphatic carbocycles. The monoisotopic (exact) mass is 369 g/mol. The van der Waals surface area contributed by atoms with Crippen LogP contribution >= 0.6 is 0 Å². The average molecular weight is 370 g/mol. The third-order valence-electron chi connectivity index (χ3n) is 6.46. The third-order valence-corrected chi connectivity index (χ3v) is 6.46. The van der Waals surface area contributed by atoms with E-state index in [1.54, 1.807) is 0 Å². The Kier molecular flexibility index (Phi) is 5.77. The third kappa shape index (κ3) is 4.34. The predicted octanol–water partition coefficient (Wildman–Crippen LogP) is 2.51. The van der Waals surface area contributed by atoms with Crippen molar-refractivity contribution in [1.82, 2.24) is 14.7 Å². The summed E-state index contributed by atoms with van der Waals surface area (Å²) < 4.78 is 0. The second-order valence-electron chi connectivity index (χ2n) is 8.33. The molecule has 5 heteroatoms. The number of likely N-dealkylation sites (tertiary alicyclic amines) is 1. The number of carbonyl (C=O) groups excluding carboxylic acids is 2. The van der Waals surface area contributed by atoms with Gasteiger partial charge in [-0.2, -0.15) is 0 Å². The van der Waals surface area contributed by atoms with Crippen molar-refractivity contribution in [2.45, 2.75) is 51.1 Å². The molecule has 146 valence electrons. The number of benzene rings is 1. The first-order valence-corrected chi connectivity index (χ1v) is 10.6. The maximum atomic E-state index is 13.0. The summed E-state index contributed by atoms with van der Waals surface area (Å²) in [6, 6.07) is 10.9. The van der Waals surface area contributed by atoms with E-state index in [4.69, 9.17) is 0 Å². The molecular weight excluding hydrogens is 338 g/mol. The van der Waals surface area contributed by atoms with E-state index in [1.165, 1.54) is 24.8 Å². The van der Waals surface area contributed by atoms with Crippen LogP contribution in [0, 0.1) is 5.92 Å². The van der Waals surface area contributed by atoms with Gasteiger partial charge < -0.3 is 9.80 Å². The van der Waals surface area contributed by atoms with Crippen molar-refractivity contribution in [2.24, 2.45) is 5.92 Å². The normalized spacial score (nSPS) is 25.2. The Bertz CT molecular complexity index is 649. The summed E-state index contributed by atoms with van der Waals surface area (Å²) in [6.45, 7) is 4.97. The smallest absolute Gasteiger partial charge is 0.228 e. The van der Waals surface area contributed by atoms with Crippen LogP contribution in [0.3, 0.4) is 0 Å². The van der Waals surface area contributed by atoms with Gasteiger partial charge in [0, 0.05) is 51.7 Å². The maximum Gasteiger partial charge on any atom is 0.228 e. The van der Waals surface area contributed by atoms with Gasteiger partial charge in [-0.3, -0.25) is 14.5 Å². The van der Waals surface area contributed by atoms with Crippen molar-refractivity contribution < 1.29 is 9.59 Å². The van der Waals surface area contributed by atoms with Crippen molar-refractivity contribution in [3.05, 3.63) is 35.9 Å². The van der Waals surface area contributed by atoms with E-state index >= 15 is 0 Å². The Balaban J connectivity index is 1.27. The number of rotatable bonds is 4. The SMILES string of the molecule is O=C([C@@H]1CC(=O)N(C2CCCCC2)C1)N1CCN(Cc2ccccc2)CC1. The Hall–Kier alpha value is -1.88. The molecule has 0 radical (unpaired) electrons. The molecule has 5 nitrogen and oxygen atoms in total. The largest absolute Gasteiger partial charge is 0.340 e. The quantitative estimate of drug-likeness (QED) is 0.819. The lowest BCUT2D eigenvalue weighted by Crippen LogP contribution is -2.50. The molecule has 3 fully saturated rings. The van der Waals surface area contributed by atoms with Gasteiger partial charge in [-0.05, 0) is 18.4 Å². The Morgan fingerprint density at radius 2 is 1.67 bits per heavy atom. The summed E-state index contributed by atoms with van der Waals surface area (Å²) in [5.74, 6) is 0.268. The summed E-state index contributed by atoms with van der Waals surface area (Å²) in [5, 5.41) is 0. The Morgan fingerprint density at radius 1 is 0.963 bits per heavy atom. The summed E-state index contributed by atoms with van der Waals surface area (Å²) in [7, 11) is 0. The van der Waals surface area contributed by atoms with Gasteiger partial charge >= 0.3 is 0 Å². The minimum atomic E-state index is -0.125. The van der Waals surface area contributed by atoms with Crippen molar-refractivity contribution in [3.63, 3.8) is 0 Å². The molecule has 2 saturated heterocycles. The van der Waals surface area contributed by atoms with Crippen molar-refractivity contribution in [1.29, 1.82) is 0 Å². The predicted molar refractivity (Wildman–Crippen MR) is 105 cm³/mol. The molecule has 1 saturated carbocycles. The fourth-order valence-corrected chi connectivity index (χ4v) is 4.87. The minimum Gasteiger partial charge on any atom is -0.340 e. The van der Waals surface area contributed by atoms with Crippen molar-refractivity contribution >= 4 is 11.8 Å². The van der Waals surface area contributed by atoms with E-state index < -0.39 is 0 Å². The molecule has 1 atom stereocenters. The van der Waals surface area contributed by atoms with E-state index in [0.717, 1.165) is 45.6 Å². The fraction of sp³-hybridized carbons (Fsp3) is 0.636. The lowest BCUT2D eigenvalue weighted by Gasteiger charge is -2.36. The highest BCUT2D eigenvalue weighted by atomic mass is 16.2. The first-order valence-electron chi connectivity index (χ1n) is 10.6. The van der Waals surface area contributed by atoms with Crippen LogP contribution in [0.4, 0.5) is 0 Å². The highest BCUT2D eigenvalue weighted by Gasteiger charge is 2.40. The highest BCUT2D eigenvalue weighted by Crippen LogP contribution is 2.29. The van der Waals surface area contributed by atoms with Crippen LogP contribution in [0.15, 0.2) is 30.3 Å². The van der Waals surface area contributed by atoms with Crippen molar-refractivity contribution in [3.8, 4) is 0 Å². The van der Waals surface area contributed by atoms with Gasteiger partial charge in [-0.1, -0.05) is 49.6 Å². The number of amides is 2. The molecule has 27 heavy (non-hydrogen) atoms. The van der Waals surface area contributed by atoms with Gasteiger partial charge in [0.15, 0.2) is 0 Å². The lowest BCUT2D eigenvalue weighted by atomic mass is 9.94. The van der Waals surface area contributed by atoms with Crippen LogP contribution in [-0.2, 0) is 16.1 Å². The molecule has 2 heterocycles. The minimum absolute atomic E-state index is 0.125. The van der Waals surface area contributed by atoms with Crippen LogP contribution in [-0.4, -0.2) is 65.3 Å². The molecule has 3 aliphatic rings. The second-order valence-corrected chi connectivity index (χ2v) is 8.33. The standard InChI is InChI=1S/C22H31N3O2/c26-21-15-19(17-25(21)20-9-5-2-6-10-20)22(27)24-13-11-23(12-14-24)16-18-7-3-1-4-8-18/h1,3-4,7-8,19-20H,2,5-6,9-17H2/t19-/m1/s1. The first kappa shape index (κ1) is 18.5. The molecule has 0 spiro atoms. The van der Waals surface area contributed by atoms with E-state index in [0.29, 0.717) is 19.0 Å². The van der Waals surface area contributed by atoms with Crippen LogP contribution in [0.5, 0.6) is 0 Å². The molecule has 1 aromatic rings. The molecule has 0 aromatic heterocycles. The summed E-state index contributed by atoms with van der Waals surface area (Å²) in [4.78, 5) is 31.9. The van der Waals surface area contributed by atoms with Gasteiger partial charge in [0.1, 0.15) is 0 Å². The highest BCUT2D eigenvalue weighted by molar-refractivity contribution is 5.89. The van der Waals surface area contributed by atoms with Gasteiger partial charge in [0.05, 0.1) is 5.92 Å². The van der Waals surface area contributed by atoms with E-state index in [-0.39, 0.29) is 17.7 Å². The van der Waals surface area contributed by atoms with Gasteiger partial charge in [0.2, 0.25) is 11.8 Å². The topological polar surface area (TPSA) is 43.9 Å². The van der Waals surface area contributed by atoms with Gasteiger partial charge in [-0.25, -0.2) is 0 Å². The van der Waals surface area contributed by atoms with Crippen LogP contribution in [0.1, 0.15) is 44.1 Å². The number of nitrogens with zero attached hydrogens (tertiary/aromatic N) is 3. The molecule has 1 aromatic carbocycles. The van der Waals surface area contributed by atoms with Crippen LogP contribution in [0.25, 0.3) is 0 Å². The number of carbonyl (C=O) groups is 2. The summed E-state index contributed by atoms with van der Waals surface area (Å²) >= 11 is 0. The maximum absolute atomic E-state index is 13.0. The Labute approximate surface area is 162 Å². The van der Waals surface area contributed by atoms with Crippen LogP contribution in [0.2, 0.25) is 0 Å². The fourth-order valence-electron chi connectivity index (χ4n) is 4.87. The van der Waals surface area contributed by atoms with E-state index in [2.05, 4.69) is 29.2 Å². The molecule has 0 N–H and O–H groups in total. The molecule has 4 rings (SSSR count). The molecular formula is C22H31N3O2. The molecule has 2 amide bonds. The number of piperazine rings is 1. The van der Waals surface area contributed by atoms with E-state index in [1.807, 2.05) is 15.9 Å². The van der Waals surface area contributed by atoms with Crippen molar-refractivity contribution in [2.75, 3.05) is 32.7 Å². The first-order chi connectivity index (χ1) is 13.2. The second kappa shape index (κ2) is 8.42. The number of hydrogen-bond acceptors (Lipinski definition) is 3. The zero-order valence-electron chi connectivity index (χ0n) is 16.2. The summed E-state index contributed by atoms with van der Waals surface area (Å²) in [6.07, 6.45) is 6.37. The Morgan fingerprint density at radius 3 is 2.37 bits per heavy atom. The molecule has 2 aliphatic heterocycles. The molecule has 0 bridgehead atoms. The zero-order valence-corrected chi connectivity index (χ0v) is 16.2.